The maximum atomic E-state index is 13.0. The topological polar surface area (TPSA) is 81.6 Å². The van der Waals surface area contributed by atoms with Gasteiger partial charge in [-0.1, -0.05) is 19.3 Å². The van der Waals surface area contributed by atoms with Crippen LogP contribution >= 0.6 is 0 Å². The molecule has 0 bridgehead atoms. The number of hydrogen-bond donors (Lipinski definition) is 2. The standard InChI is InChI=1S/C18H27N5O2/c1-22-15-11-20-18(19-9-10-24)21-16(15)23(12-5-2-3-6-12)14-8-4-7-13(14)17(22)25/h11-14,24H,2-10H2,1H3,(H,19,20,21). The highest BCUT2D eigenvalue weighted by molar-refractivity contribution is 5.99. The number of carbonyl (C=O) groups is 1. The van der Waals surface area contributed by atoms with Crippen molar-refractivity contribution >= 4 is 23.4 Å². The predicted octanol–water partition coefficient (Wildman–Crippen LogP) is 1.77. The molecule has 7 nitrogen and oxygen atoms in total. The average molecular weight is 345 g/mol. The molecule has 2 heterocycles. The molecule has 25 heavy (non-hydrogen) atoms. The highest BCUT2D eigenvalue weighted by Gasteiger charge is 2.45. The van der Waals surface area contributed by atoms with Crippen molar-refractivity contribution in [3.8, 4) is 0 Å². The molecule has 3 aliphatic rings. The molecule has 0 saturated heterocycles. The Kier molecular flexibility index (Phi) is 4.50. The molecule has 2 atom stereocenters. The zero-order chi connectivity index (χ0) is 17.4. The summed E-state index contributed by atoms with van der Waals surface area (Å²) in [6.45, 7) is 0.457. The van der Waals surface area contributed by atoms with E-state index in [4.69, 9.17) is 10.1 Å². The summed E-state index contributed by atoms with van der Waals surface area (Å²) in [7, 11) is 1.85. The summed E-state index contributed by atoms with van der Waals surface area (Å²) in [5.74, 6) is 1.67. The lowest BCUT2D eigenvalue weighted by Crippen LogP contribution is -2.46. The molecule has 2 fully saturated rings. The number of amides is 1. The average Bonchev–Trinajstić information content (AvgIpc) is 3.30. The summed E-state index contributed by atoms with van der Waals surface area (Å²) >= 11 is 0. The van der Waals surface area contributed by atoms with E-state index in [0.29, 0.717) is 18.5 Å². The van der Waals surface area contributed by atoms with Crippen LogP contribution in [-0.2, 0) is 4.79 Å². The number of aliphatic hydroxyl groups is 1. The van der Waals surface area contributed by atoms with Gasteiger partial charge in [-0.2, -0.15) is 4.98 Å². The molecular formula is C18H27N5O2. The smallest absolute Gasteiger partial charge is 0.232 e. The molecule has 2 unspecified atom stereocenters. The molecule has 7 heteroatoms. The van der Waals surface area contributed by atoms with E-state index >= 15 is 0 Å². The first-order chi connectivity index (χ1) is 12.2. The number of nitrogens with one attached hydrogen (secondary N) is 1. The highest BCUT2D eigenvalue weighted by Crippen LogP contribution is 2.44. The van der Waals surface area contributed by atoms with Crippen molar-refractivity contribution in [2.24, 2.45) is 5.92 Å². The van der Waals surface area contributed by atoms with Gasteiger partial charge in [0.05, 0.1) is 18.7 Å². The number of aliphatic hydroxyl groups excluding tert-OH is 1. The summed E-state index contributed by atoms with van der Waals surface area (Å²) in [4.78, 5) is 26.3. The van der Waals surface area contributed by atoms with Crippen LogP contribution in [0.2, 0.25) is 0 Å². The fourth-order valence-corrected chi connectivity index (χ4v) is 4.76. The second-order valence-electron chi connectivity index (χ2n) is 7.40. The van der Waals surface area contributed by atoms with Crippen molar-refractivity contribution in [1.29, 1.82) is 0 Å². The molecule has 136 valence electrons. The maximum Gasteiger partial charge on any atom is 0.232 e. The first-order valence-electron chi connectivity index (χ1n) is 9.48. The number of nitrogens with zero attached hydrogens (tertiary/aromatic N) is 4. The lowest BCUT2D eigenvalue weighted by Gasteiger charge is -2.36. The first-order valence-corrected chi connectivity index (χ1v) is 9.48. The molecule has 2 N–H and O–H groups in total. The molecule has 1 aromatic rings. The largest absolute Gasteiger partial charge is 0.395 e. The van der Waals surface area contributed by atoms with Gasteiger partial charge in [0.25, 0.3) is 0 Å². The van der Waals surface area contributed by atoms with Gasteiger partial charge >= 0.3 is 0 Å². The van der Waals surface area contributed by atoms with Gasteiger partial charge in [0.2, 0.25) is 11.9 Å². The fraction of sp³-hybridized carbons (Fsp3) is 0.722. The third-order valence-electron chi connectivity index (χ3n) is 5.95. The third-order valence-corrected chi connectivity index (χ3v) is 5.95. The second-order valence-corrected chi connectivity index (χ2v) is 7.40. The van der Waals surface area contributed by atoms with Crippen LogP contribution in [-0.4, -0.2) is 53.3 Å². The first kappa shape index (κ1) is 16.6. The molecule has 4 rings (SSSR count). The van der Waals surface area contributed by atoms with Gasteiger partial charge < -0.3 is 20.2 Å². The van der Waals surface area contributed by atoms with Crippen LogP contribution in [0.4, 0.5) is 17.5 Å². The van der Waals surface area contributed by atoms with Crippen molar-refractivity contribution in [3.63, 3.8) is 0 Å². The van der Waals surface area contributed by atoms with Crippen molar-refractivity contribution < 1.29 is 9.90 Å². The van der Waals surface area contributed by atoms with Crippen molar-refractivity contribution in [2.75, 3.05) is 35.3 Å². The van der Waals surface area contributed by atoms with Gasteiger partial charge in [0.15, 0.2) is 5.82 Å². The molecule has 0 radical (unpaired) electrons. The van der Waals surface area contributed by atoms with Gasteiger partial charge in [-0.3, -0.25) is 4.79 Å². The summed E-state index contributed by atoms with van der Waals surface area (Å²) in [5.41, 5.74) is 0.806. The highest BCUT2D eigenvalue weighted by atomic mass is 16.3. The van der Waals surface area contributed by atoms with Gasteiger partial charge in [0.1, 0.15) is 5.69 Å². The number of fused-ring (bicyclic) bond motifs is 2. The fourth-order valence-electron chi connectivity index (χ4n) is 4.76. The Bertz CT molecular complexity index is 646. The molecular weight excluding hydrogens is 318 g/mol. The molecule has 1 aromatic heterocycles. The number of carbonyl (C=O) groups excluding carboxylic acids is 1. The Hall–Kier alpha value is -1.89. The van der Waals surface area contributed by atoms with Crippen LogP contribution in [0.15, 0.2) is 6.20 Å². The molecule has 0 spiro atoms. The van der Waals surface area contributed by atoms with Crippen LogP contribution in [0.1, 0.15) is 44.9 Å². The van der Waals surface area contributed by atoms with Gasteiger partial charge in [-0.25, -0.2) is 4.98 Å². The van der Waals surface area contributed by atoms with Gasteiger partial charge in [-0.05, 0) is 25.7 Å². The van der Waals surface area contributed by atoms with Crippen LogP contribution in [0.3, 0.4) is 0 Å². The monoisotopic (exact) mass is 345 g/mol. The zero-order valence-corrected chi connectivity index (χ0v) is 14.8. The number of anilines is 3. The van der Waals surface area contributed by atoms with Gasteiger partial charge in [-0.15, -0.1) is 0 Å². The van der Waals surface area contributed by atoms with Crippen LogP contribution < -0.4 is 15.1 Å². The van der Waals surface area contributed by atoms with E-state index < -0.39 is 0 Å². The third kappa shape index (κ3) is 2.84. The minimum atomic E-state index is 0.0376. The van der Waals surface area contributed by atoms with Crippen molar-refractivity contribution in [2.45, 2.75) is 57.0 Å². The van der Waals surface area contributed by atoms with Crippen LogP contribution in [0.25, 0.3) is 0 Å². The minimum Gasteiger partial charge on any atom is -0.395 e. The minimum absolute atomic E-state index is 0.0376. The SMILES string of the molecule is CN1C(=O)C2CCCC2N(C2CCCC2)c2nc(NCCO)ncc21. The molecule has 0 aromatic carbocycles. The van der Waals surface area contributed by atoms with E-state index in [0.717, 1.165) is 30.8 Å². The molecule has 2 aliphatic carbocycles. The Morgan fingerprint density at radius 1 is 1.24 bits per heavy atom. The Balaban J connectivity index is 1.79. The van der Waals surface area contributed by atoms with E-state index in [-0.39, 0.29) is 24.5 Å². The zero-order valence-electron chi connectivity index (χ0n) is 14.8. The van der Waals surface area contributed by atoms with E-state index in [1.165, 1.54) is 25.7 Å². The Morgan fingerprint density at radius 2 is 2.04 bits per heavy atom. The van der Waals surface area contributed by atoms with E-state index in [9.17, 15) is 4.79 Å². The van der Waals surface area contributed by atoms with Crippen LogP contribution in [0.5, 0.6) is 0 Å². The summed E-state index contributed by atoms with van der Waals surface area (Å²) in [6, 6.07) is 0.712. The number of aromatic nitrogens is 2. The van der Waals surface area contributed by atoms with Crippen molar-refractivity contribution in [3.05, 3.63) is 6.20 Å². The predicted molar refractivity (Wildman–Crippen MR) is 96.9 cm³/mol. The maximum absolute atomic E-state index is 13.0. The second kappa shape index (κ2) is 6.78. The summed E-state index contributed by atoms with van der Waals surface area (Å²) in [6.07, 6.45) is 9.72. The Morgan fingerprint density at radius 3 is 2.80 bits per heavy atom. The van der Waals surface area contributed by atoms with E-state index in [2.05, 4.69) is 15.2 Å². The lowest BCUT2D eigenvalue weighted by atomic mass is 9.99. The number of hydrogen-bond acceptors (Lipinski definition) is 6. The number of rotatable bonds is 4. The molecule has 1 aliphatic heterocycles. The quantitative estimate of drug-likeness (QED) is 0.866. The normalized spacial score (nSPS) is 26.6. The molecule has 2 saturated carbocycles. The van der Waals surface area contributed by atoms with E-state index in [1.807, 2.05) is 7.05 Å². The van der Waals surface area contributed by atoms with Crippen molar-refractivity contribution in [1.82, 2.24) is 9.97 Å². The summed E-state index contributed by atoms with van der Waals surface area (Å²) in [5, 5.41) is 12.1. The summed E-state index contributed by atoms with van der Waals surface area (Å²) < 4.78 is 0. The lowest BCUT2D eigenvalue weighted by molar-refractivity contribution is -0.122. The van der Waals surface area contributed by atoms with E-state index in [1.54, 1.807) is 11.1 Å². The Labute approximate surface area is 148 Å². The molecule has 1 amide bonds. The van der Waals surface area contributed by atoms with Crippen LogP contribution in [0, 0.1) is 5.92 Å². The van der Waals surface area contributed by atoms with Gasteiger partial charge in [0, 0.05) is 25.7 Å².